The number of rotatable bonds is 3. The molecule has 1 aromatic carbocycles. The van der Waals surface area contributed by atoms with Crippen LogP contribution in [0, 0.1) is 0 Å². The summed E-state index contributed by atoms with van der Waals surface area (Å²) in [4.78, 5) is 11.1. The van der Waals surface area contributed by atoms with Crippen molar-refractivity contribution >= 4 is 5.65 Å². The molecule has 0 spiro atoms. The van der Waals surface area contributed by atoms with E-state index < -0.39 is 5.60 Å². The maximum Gasteiger partial charge on any atom is 0.155 e. The van der Waals surface area contributed by atoms with Gasteiger partial charge in [0.2, 0.25) is 0 Å². The van der Waals surface area contributed by atoms with Gasteiger partial charge in [0, 0.05) is 31.0 Å². The lowest BCUT2D eigenvalue weighted by Crippen LogP contribution is -2.49. The van der Waals surface area contributed by atoms with Crippen LogP contribution in [-0.4, -0.2) is 36.5 Å². The molecule has 128 valence electrons. The molecule has 2 aliphatic rings. The normalized spacial score (nSPS) is 29.3. The van der Waals surface area contributed by atoms with Crippen molar-refractivity contribution in [2.75, 3.05) is 0 Å². The van der Waals surface area contributed by atoms with E-state index in [1.54, 1.807) is 12.4 Å². The molecule has 1 N–H and O–H groups in total. The van der Waals surface area contributed by atoms with Gasteiger partial charge in [-0.25, -0.2) is 4.98 Å². The van der Waals surface area contributed by atoms with Gasteiger partial charge in [0.05, 0.1) is 18.1 Å². The Bertz CT molecular complexity index is 877. The topological polar surface area (TPSA) is 53.7 Å². The first-order valence-corrected chi connectivity index (χ1v) is 9.02. The van der Waals surface area contributed by atoms with Gasteiger partial charge >= 0.3 is 0 Å². The highest BCUT2D eigenvalue weighted by atomic mass is 16.3. The molecule has 5 heteroatoms. The van der Waals surface area contributed by atoms with Crippen molar-refractivity contribution in [2.24, 2.45) is 0 Å². The molecular formula is C20H22N4O. The van der Waals surface area contributed by atoms with E-state index in [1.807, 2.05) is 16.8 Å². The highest BCUT2D eigenvalue weighted by Gasteiger charge is 2.49. The molecule has 2 unspecified atom stereocenters. The van der Waals surface area contributed by atoms with E-state index in [0.29, 0.717) is 12.1 Å². The maximum atomic E-state index is 11.5. The summed E-state index contributed by atoms with van der Waals surface area (Å²) in [6.45, 7) is 0.976. The number of imidazole rings is 1. The predicted octanol–water partition coefficient (Wildman–Crippen LogP) is 2.74. The molecule has 2 atom stereocenters. The van der Waals surface area contributed by atoms with E-state index in [1.165, 1.54) is 5.56 Å². The van der Waals surface area contributed by atoms with Gasteiger partial charge in [0.15, 0.2) is 5.65 Å². The van der Waals surface area contributed by atoms with E-state index in [2.05, 4.69) is 45.2 Å². The summed E-state index contributed by atoms with van der Waals surface area (Å²) in [5, 5.41) is 11.5. The van der Waals surface area contributed by atoms with Crippen LogP contribution in [0.1, 0.15) is 36.9 Å². The molecule has 0 radical (unpaired) electrons. The Balaban J connectivity index is 1.44. The molecule has 2 aromatic heterocycles. The molecule has 25 heavy (non-hydrogen) atoms. The van der Waals surface area contributed by atoms with E-state index in [-0.39, 0.29) is 0 Å². The van der Waals surface area contributed by atoms with Gasteiger partial charge in [-0.3, -0.25) is 14.3 Å². The molecule has 2 bridgehead atoms. The number of piperidine rings is 1. The van der Waals surface area contributed by atoms with Crippen LogP contribution in [0.25, 0.3) is 5.65 Å². The second kappa shape index (κ2) is 5.64. The number of aromatic nitrogens is 3. The van der Waals surface area contributed by atoms with Crippen molar-refractivity contribution in [1.82, 2.24) is 19.3 Å². The summed E-state index contributed by atoms with van der Waals surface area (Å²) in [5.74, 6) is 0. The standard InChI is InChI=1S/C20H22N4O/c25-20(18-12-22-19-13-21-8-9-23(18)19)10-16-6-7-17(11-20)24(16)14-15-4-2-1-3-5-15/h1-5,8-9,12-13,16-17,25H,6-7,10-11,14H2. The fourth-order valence-electron chi connectivity index (χ4n) is 4.76. The lowest BCUT2D eigenvalue weighted by Gasteiger charge is -2.43. The summed E-state index contributed by atoms with van der Waals surface area (Å²) >= 11 is 0. The Labute approximate surface area is 147 Å². The minimum absolute atomic E-state index is 0.427. The zero-order chi connectivity index (χ0) is 16.9. The quantitative estimate of drug-likeness (QED) is 0.800. The van der Waals surface area contributed by atoms with Crippen LogP contribution in [0.2, 0.25) is 0 Å². The average molecular weight is 334 g/mol. The van der Waals surface area contributed by atoms with Crippen molar-refractivity contribution in [3.05, 3.63) is 66.4 Å². The lowest BCUT2D eigenvalue weighted by molar-refractivity contribution is -0.0628. The van der Waals surface area contributed by atoms with E-state index in [9.17, 15) is 5.11 Å². The number of fused-ring (bicyclic) bond motifs is 3. The van der Waals surface area contributed by atoms with Crippen LogP contribution in [0.4, 0.5) is 0 Å². The molecule has 0 amide bonds. The van der Waals surface area contributed by atoms with Crippen molar-refractivity contribution < 1.29 is 5.11 Å². The van der Waals surface area contributed by atoms with Gasteiger partial charge in [-0.2, -0.15) is 0 Å². The monoisotopic (exact) mass is 334 g/mol. The molecular weight excluding hydrogens is 312 g/mol. The molecule has 0 saturated carbocycles. The largest absolute Gasteiger partial charge is 0.383 e. The fourth-order valence-corrected chi connectivity index (χ4v) is 4.76. The molecule has 2 fully saturated rings. The minimum Gasteiger partial charge on any atom is -0.383 e. The predicted molar refractivity (Wildman–Crippen MR) is 94.9 cm³/mol. The van der Waals surface area contributed by atoms with E-state index in [4.69, 9.17) is 0 Å². The Hall–Kier alpha value is -2.24. The first-order chi connectivity index (χ1) is 12.2. The second-order valence-corrected chi connectivity index (χ2v) is 7.43. The Morgan fingerprint density at radius 3 is 2.60 bits per heavy atom. The number of hydrogen-bond donors (Lipinski definition) is 1. The number of nitrogens with zero attached hydrogens (tertiary/aromatic N) is 4. The van der Waals surface area contributed by atoms with Crippen molar-refractivity contribution in [3.63, 3.8) is 0 Å². The number of hydrogen-bond acceptors (Lipinski definition) is 4. The molecule has 3 aromatic rings. The van der Waals surface area contributed by atoms with Crippen LogP contribution in [0.3, 0.4) is 0 Å². The van der Waals surface area contributed by atoms with Crippen LogP contribution in [0.5, 0.6) is 0 Å². The fraction of sp³-hybridized carbons (Fsp3) is 0.400. The van der Waals surface area contributed by atoms with Gasteiger partial charge < -0.3 is 5.11 Å². The van der Waals surface area contributed by atoms with Crippen molar-refractivity contribution in [2.45, 2.75) is 49.9 Å². The highest BCUT2D eigenvalue weighted by Crippen LogP contribution is 2.46. The van der Waals surface area contributed by atoms with E-state index in [0.717, 1.165) is 43.6 Å². The molecule has 5 nitrogen and oxygen atoms in total. The highest BCUT2D eigenvalue weighted by molar-refractivity contribution is 5.39. The summed E-state index contributed by atoms with van der Waals surface area (Å²) in [6.07, 6.45) is 11.1. The van der Waals surface area contributed by atoms with Gasteiger partial charge in [0.25, 0.3) is 0 Å². The maximum absolute atomic E-state index is 11.5. The third-order valence-electron chi connectivity index (χ3n) is 5.92. The van der Waals surface area contributed by atoms with Crippen molar-refractivity contribution in [1.29, 1.82) is 0 Å². The molecule has 2 saturated heterocycles. The van der Waals surface area contributed by atoms with Gasteiger partial charge in [-0.1, -0.05) is 30.3 Å². The number of benzene rings is 1. The Morgan fingerprint density at radius 2 is 1.84 bits per heavy atom. The first kappa shape index (κ1) is 15.0. The molecule has 0 aliphatic carbocycles. The van der Waals surface area contributed by atoms with Crippen LogP contribution >= 0.6 is 0 Å². The third kappa shape index (κ3) is 2.46. The second-order valence-electron chi connectivity index (χ2n) is 7.43. The molecule has 5 rings (SSSR count). The molecule has 2 aliphatic heterocycles. The zero-order valence-corrected chi connectivity index (χ0v) is 14.1. The van der Waals surface area contributed by atoms with Crippen LogP contribution < -0.4 is 0 Å². The lowest BCUT2D eigenvalue weighted by atomic mass is 9.83. The Kier molecular flexibility index (Phi) is 3.40. The van der Waals surface area contributed by atoms with Gasteiger partial charge in [-0.15, -0.1) is 0 Å². The first-order valence-electron chi connectivity index (χ1n) is 9.02. The number of aliphatic hydroxyl groups is 1. The SMILES string of the molecule is OC1(c2cnc3cnccn23)CC2CCC(C1)N2Cc1ccccc1. The summed E-state index contributed by atoms with van der Waals surface area (Å²) in [5.41, 5.74) is 2.25. The summed E-state index contributed by atoms with van der Waals surface area (Å²) in [7, 11) is 0. The summed E-state index contributed by atoms with van der Waals surface area (Å²) < 4.78 is 1.99. The minimum atomic E-state index is -0.806. The Morgan fingerprint density at radius 1 is 1.08 bits per heavy atom. The average Bonchev–Trinajstić information content (AvgIpc) is 3.17. The summed E-state index contributed by atoms with van der Waals surface area (Å²) in [6, 6.07) is 11.5. The van der Waals surface area contributed by atoms with Crippen molar-refractivity contribution in [3.8, 4) is 0 Å². The smallest absolute Gasteiger partial charge is 0.155 e. The van der Waals surface area contributed by atoms with Gasteiger partial charge in [-0.05, 0) is 31.2 Å². The van der Waals surface area contributed by atoms with Gasteiger partial charge in [0.1, 0.15) is 5.60 Å². The van der Waals surface area contributed by atoms with Crippen LogP contribution in [-0.2, 0) is 12.1 Å². The van der Waals surface area contributed by atoms with Crippen LogP contribution in [0.15, 0.2) is 55.1 Å². The molecule has 4 heterocycles. The van der Waals surface area contributed by atoms with E-state index >= 15 is 0 Å². The third-order valence-corrected chi connectivity index (χ3v) is 5.92. The zero-order valence-electron chi connectivity index (χ0n) is 14.1.